The number of benzene rings is 4. The molecule has 0 heterocycles. The third-order valence-electron chi connectivity index (χ3n) is 7.08. The molecule has 324 valence electrons. The van der Waals surface area contributed by atoms with Gasteiger partial charge in [0.15, 0.2) is 13.2 Å². The van der Waals surface area contributed by atoms with E-state index < -0.39 is 47.9 Å². The van der Waals surface area contributed by atoms with E-state index in [1.165, 1.54) is 29.0 Å². The molecular formula is C41H48Br2ClF2NO10S2. The Bertz CT molecular complexity index is 2230. The van der Waals surface area contributed by atoms with Crippen LogP contribution in [0.5, 0.6) is 11.5 Å². The molecule has 0 saturated heterocycles. The Balaban J connectivity index is 0.000000341. The zero-order valence-corrected chi connectivity index (χ0v) is 39.4. The first kappa shape index (κ1) is 51.5. The minimum atomic E-state index is -3.76. The average Bonchev–Trinajstić information content (AvgIpc) is 3.10. The first-order valence-electron chi connectivity index (χ1n) is 17.9. The lowest BCUT2D eigenvalue weighted by Crippen LogP contribution is -2.27. The van der Waals surface area contributed by atoms with Crippen molar-refractivity contribution in [1.82, 2.24) is 4.31 Å². The number of rotatable bonds is 13. The van der Waals surface area contributed by atoms with Gasteiger partial charge < -0.3 is 18.9 Å². The van der Waals surface area contributed by atoms with Gasteiger partial charge in [-0.05, 0) is 164 Å². The summed E-state index contributed by atoms with van der Waals surface area (Å²) in [7, 11) is -1.07. The quantitative estimate of drug-likeness (QED) is 0.0938. The SMILES string of the molecule is CCCc1ccc(OCC(=O)OC(C)(C)C)c(Br)c1.CN(Cc1ccc(OCC(=O)OC(C)(C)C)c(Br)c1)S(=O)(=O)c1ccc(F)cc1.O=S(=O)(Cl)c1ccc(F)cc1. The first-order valence-corrected chi connectivity index (χ1v) is 23.2. The molecule has 18 heteroatoms. The molecule has 0 fully saturated rings. The lowest BCUT2D eigenvalue weighted by atomic mass is 10.1. The highest BCUT2D eigenvalue weighted by Crippen LogP contribution is 2.28. The van der Waals surface area contributed by atoms with Crippen LogP contribution >= 0.6 is 42.5 Å². The normalized spacial score (nSPS) is 11.7. The van der Waals surface area contributed by atoms with Gasteiger partial charge >= 0.3 is 11.9 Å². The number of halogens is 5. The average molecular weight is 1010 g/mol. The van der Waals surface area contributed by atoms with Crippen LogP contribution in [-0.4, -0.2) is 64.5 Å². The molecule has 4 aromatic carbocycles. The fourth-order valence-corrected chi connectivity index (χ4v) is 7.62. The van der Waals surface area contributed by atoms with Crippen molar-refractivity contribution >= 4 is 73.6 Å². The number of hydrogen-bond acceptors (Lipinski definition) is 10. The van der Waals surface area contributed by atoms with Crippen LogP contribution < -0.4 is 9.47 Å². The van der Waals surface area contributed by atoms with Gasteiger partial charge in [0.05, 0.1) is 18.7 Å². The zero-order chi connectivity index (χ0) is 44.8. The van der Waals surface area contributed by atoms with E-state index in [0.29, 0.717) is 21.5 Å². The topological polar surface area (TPSA) is 143 Å². The maximum absolute atomic E-state index is 13.0. The number of sulfonamides is 1. The summed E-state index contributed by atoms with van der Waals surface area (Å²) in [4.78, 5) is 23.2. The fraction of sp³-hybridized carbons (Fsp3) is 0.366. The molecule has 0 N–H and O–H groups in total. The molecule has 0 radical (unpaired) electrons. The monoisotopic (exact) mass is 1010 g/mol. The molecule has 0 amide bonds. The Labute approximate surface area is 367 Å². The van der Waals surface area contributed by atoms with Gasteiger partial charge in [-0.25, -0.2) is 35.2 Å². The van der Waals surface area contributed by atoms with Crippen LogP contribution in [0.25, 0.3) is 0 Å². The predicted molar refractivity (Wildman–Crippen MR) is 229 cm³/mol. The highest BCUT2D eigenvalue weighted by atomic mass is 79.9. The maximum atomic E-state index is 13.0. The lowest BCUT2D eigenvalue weighted by molar-refractivity contribution is -0.158. The van der Waals surface area contributed by atoms with E-state index in [1.807, 2.05) is 39.0 Å². The van der Waals surface area contributed by atoms with Crippen molar-refractivity contribution < 1.29 is 54.2 Å². The second-order valence-electron chi connectivity index (χ2n) is 14.6. The van der Waals surface area contributed by atoms with Gasteiger partial charge in [-0.2, -0.15) is 4.31 Å². The van der Waals surface area contributed by atoms with Gasteiger partial charge in [-0.3, -0.25) is 0 Å². The summed E-state index contributed by atoms with van der Waals surface area (Å²) in [6.07, 6.45) is 2.13. The van der Waals surface area contributed by atoms with Crippen molar-refractivity contribution in [2.24, 2.45) is 0 Å². The molecule has 4 rings (SSSR count). The summed E-state index contributed by atoms with van der Waals surface area (Å²) in [5.74, 6) is -0.753. The Kier molecular flexibility index (Phi) is 19.9. The number of carbonyl (C=O) groups excluding carboxylic acids is 2. The molecule has 59 heavy (non-hydrogen) atoms. The summed E-state index contributed by atoms with van der Waals surface area (Å²) < 4.78 is 95.6. The van der Waals surface area contributed by atoms with Crippen LogP contribution in [0.3, 0.4) is 0 Å². The summed E-state index contributed by atoms with van der Waals surface area (Å²) in [6, 6.07) is 19.9. The van der Waals surface area contributed by atoms with E-state index in [4.69, 9.17) is 29.6 Å². The number of aryl methyl sites for hydroxylation is 1. The van der Waals surface area contributed by atoms with Crippen molar-refractivity contribution in [3.05, 3.63) is 117 Å². The van der Waals surface area contributed by atoms with Gasteiger partial charge in [-0.1, -0.05) is 25.5 Å². The third-order valence-corrected chi connectivity index (χ3v) is 11.5. The minimum absolute atomic E-state index is 0.0118. The molecule has 4 aromatic rings. The van der Waals surface area contributed by atoms with Crippen LogP contribution in [0.2, 0.25) is 0 Å². The highest BCUT2D eigenvalue weighted by Gasteiger charge is 2.22. The molecule has 0 aliphatic heterocycles. The van der Waals surface area contributed by atoms with Crippen LogP contribution in [0.1, 0.15) is 66.0 Å². The smallest absolute Gasteiger partial charge is 0.344 e. The summed E-state index contributed by atoms with van der Waals surface area (Å²) >= 11 is 6.82. The van der Waals surface area contributed by atoms with Crippen molar-refractivity contribution in [1.29, 1.82) is 0 Å². The van der Waals surface area contributed by atoms with Crippen molar-refractivity contribution in [2.75, 3.05) is 20.3 Å². The molecular weight excluding hydrogens is 964 g/mol. The zero-order valence-electron chi connectivity index (χ0n) is 33.9. The van der Waals surface area contributed by atoms with E-state index in [1.54, 1.807) is 39.0 Å². The summed E-state index contributed by atoms with van der Waals surface area (Å²) in [5.41, 5.74) is 0.874. The van der Waals surface area contributed by atoms with Crippen molar-refractivity contribution in [2.45, 2.75) is 88.8 Å². The Morgan fingerprint density at radius 1 is 0.661 bits per heavy atom. The Morgan fingerprint density at radius 2 is 1.05 bits per heavy atom. The Morgan fingerprint density at radius 3 is 1.42 bits per heavy atom. The van der Waals surface area contributed by atoms with Crippen molar-refractivity contribution in [3.8, 4) is 11.5 Å². The summed E-state index contributed by atoms with van der Waals surface area (Å²) in [6.45, 7) is 12.7. The summed E-state index contributed by atoms with van der Waals surface area (Å²) in [5, 5.41) is 0. The second kappa shape index (κ2) is 22.8. The van der Waals surface area contributed by atoms with Gasteiger partial charge in [0.1, 0.15) is 34.3 Å². The Hall–Kier alpha value is -3.61. The standard InChI is InChI=1S/C20H23BrFNO5S.C15H21BrO3.C6H4ClFO2S/c1-20(2,3)28-19(24)13-27-18-10-5-14(11-17(18)21)12-23(4)29(25,26)16-8-6-15(22)7-9-16;1-5-6-11-7-8-13(12(16)9-11)18-10-14(17)19-15(2,3)4;7-11(9,10)6-3-1-5(8)2-4-6/h5-11H,12-13H2,1-4H3;7-9H,5-6,10H2,1-4H3;1-4H. The van der Waals surface area contributed by atoms with Gasteiger partial charge in [-0.15, -0.1) is 0 Å². The predicted octanol–water partition coefficient (Wildman–Crippen LogP) is 10.0. The molecule has 0 atom stereocenters. The van der Waals surface area contributed by atoms with Crippen LogP contribution in [0.4, 0.5) is 8.78 Å². The van der Waals surface area contributed by atoms with Crippen LogP contribution in [0.15, 0.2) is 104 Å². The molecule has 0 saturated carbocycles. The van der Waals surface area contributed by atoms with E-state index in [9.17, 15) is 35.2 Å². The molecule has 0 spiro atoms. The van der Waals surface area contributed by atoms with E-state index >= 15 is 0 Å². The number of nitrogens with zero attached hydrogens (tertiary/aromatic N) is 1. The molecule has 0 aliphatic rings. The minimum Gasteiger partial charge on any atom is -0.481 e. The van der Waals surface area contributed by atoms with Gasteiger partial charge in [0, 0.05) is 24.3 Å². The maximum Gasteiger partial charge on any atom is 0.344 e. The largest absolute Gasteiger partial charge is 0.481 e. The number of ether oxygens (including phenoxy) is 4. The van der Waals surface area contributed by atoms with Gasteiger partial charge in [0.2, 0.25) is 10.0 Å². The number of hydrogen-bond donors (Lipinski definition) is 0. The van der Waals surface area contributed by atoms with E-state index in [-0.39, 0.29) is 35.5 Å². The van der Waals surface area contributed by atoms with E-state index in [0.717, 1.165) is 53.7 Å². The third kappa shape index (κ3) is 19.5. The van der Waals surface area contributed by atoms with Crippen LogP contribution in [0, 0.1) is 11.6 Å². The second-order valence-corrected chi connectivity index (χ2v) is 21.0. The number of esters is 2. The van der Waals surface area contributed by atoms with E-state index in [2.05, 4.69) is 38.8 Å². The number of carbonyl (C=O) groups is 2. The lowest BCUT2D eigenvalue weighted by Gasteiger charge is -2.20. The molecule has 0 unspecified atom stereocenters. The van der Waals surface area contributed by atoms with Crippen LogP contribution in [-0.2, 0) is 51.1 Å². The molecule has 0 aliphatic carbocycles. The molecule has 0 aromatic heterocycles. The first-order chi connectivity index (χ1) is 27.2. The molecule has 0 bridgehead atoms. The van der Waals surface area contributed by atoms with Crippen molar-refractivity contribution in [3.63, 3.8) is 0 Å². The highest BCUT2D eigenvalue weighted by molar-refractivity contribution is 9.11. The fourth-order valence-electron chi connectivity index (χ4n) is 4.61. The molecule has 11 nitrogen and oxygen atoms in total. The van der Waals surface area contributed by atoms with Gasteiger partial charge in [0.25, 0.3) is 9.05 Å².